The van der Waals surface area contributed by atoms with Crippen molar-refractivity contribution in [3.8, 4) is 0 Å². The Labute approximate surface area is 159 Å². The second kappa shape index (κ2) is 7.57. The summed E-state index contributed by atoms with van der Waals surface area (Å²) in [5.74, 6) is 0.521. The van der Waals surface area contributed by atoms with Gasteiger partial charge in [0.05, 0.1) is 5.56 Å². The van der Waals surface area contributed by atoms with Gasteiger partial charge in [0.15, 0.2) is 5.78 Å². The highest BCUT2D eigenvalue weighted by Gasteiger charge is 2.37. The Hall–Kier alpha value is -1.36. The van der Waals surface area contributed by atoms with Crippen LogP contribution < -0.4 is 0 Å². The van der Waals surface area contributed by atoms with Crippen LogP contribution in [0, 0.1) is 5.92 Å². The van der Waals surface area contributed by atoms with Crippen LogP contribution in [0.2, 0.25) is 0 Å². The third kappa shape index (κ3) is 4.23. The first-order valence-corrected chi connectivity index (χ1v) is 10.4. The lowest BCUT2D eigenvalue weighted by Crippen LogP contribution is -2.41. The van der Waals surface area contributed by atoms with E-state index >= 15 is 0 Å². The third-order valence-electron chi connectivity index (χ3n) is 6.62. The number of ketones is 1. The lowest BCUT2D eigenvalue weighted by molar-refractivity contribution is -0.137. The minimum atomic E-state index is -4.35. The Balaban J connectivity index is 1.53. The number of nitrogens with zero attached hydrogens (tertiary/aromatic N) is 1. The molecule has 3 aliphatic rings. The standard InChI is InChI=1S/C22H28F3NO/c23-22(24,25)17-9-10-18(19(14-17)15-7-8-15)21(27)13-16-5-1-2-6-20(16)26-11-3-4-12-26/h9-10,14-16,20H,1-8,11-13H2/t16-,20-/m1/s1. The van der Waals surface area contributed by atoms with E-state index in [1.54, 1.807) is 0 Å². The monoisotopic (exact) mass is 379 g/mol. The van der Waals surface area contributed by atoms with Gasteiger partial charge in [-0.25, -0.2) is 0 Å². The molecule has 1 saturated heterocycles. The van der Waals surface area contributed by atoms with E-state index in [1.807, 2.05) is 0 Å². The smallest absolute Gasteiger partial charge is 0.300 e. The molecule has 0 amide bonds. The van der Waals surface area contributed by atoms with Crippen LogP contribution in [-0.2, 0) is 6.18 Å². The number of Topliss-reactive ketones (excluding diaryl/α,β-unsaturated/α-hetero) is 1. The maximum atomic E-state index is 13.1. The number of halogens is 3. The van der Waals surface area contributed by atoms with Gasteiger partial charge in [-0.3, -0.25) is 4.79 Å². The van der Waals surface area contributed by atoms with Crippen molar-refractivity contribution in [3.05, 3.63) is 34.9 Å². The molecular formula is C22H28F3NO. The van der Waals surface area contributed by atoms with E-state index in [-0.39, 0.29) is 11.7 Å². The van der Waals surface area contributed by atoms with Crippen molar-refractivity contribution in [2.45, 2.75) is 75.9 Å². The number of rotatable bonds is 5. The summed E-state index contributed by atoms with van der Waals surface area (Å²) in [7, 11) is 0. The average Bonchev–Trinajstić information content (AvgIpc) is 3.35. The van der Waals surface area contributed by atoms with E-state index in [9.17, 15) is 18.0 Å². The molecule has 0 N–H and O–H groups in total. The molecule has 0 unspecified atom stereocenters. The maximum Gasteiger partial charge on any atom is 0.416 e. The van der Waals surface area contributed by atoms with Crippen molar-refractivity contribution in [2.75, 3.05) is 13.1 Å². The molecule has 2 aliphatic carbocycles. The van der Waals surface area contributed by atoms with Gasteiger partial charge in [0.2, 0.25) is 0 Å². The summed E-state index contributed by atoms with van der Waals surface area (Å²) in [6, 6.07) is 4.22. The molecule has 27 heavy (non-hydrogen) atoms. The average molecular weight is 379 g/mol. The lowest BCUT2D eigenvalue weighted by Gasteiger charge is -2.38. The topological polar surface area (TPSA) is 20.3 Å². The Morgan fingerprint density at radius 2 is 1.70 bits per heavy atom. The molecule has 3 fully saturated rings. The zero-order valence-corrected chi connectivity index (χ0v) is 15.7. The van der Waals surface area contributed by atoms with Crippen molar-refractivity contribution in [1.82, 2.24) is 4.90 Å². The van der Waals surface area contributed by atoms with Crippen LogP contribution in [0.25, 0.3) is 0 Å². The predicted molar refractivity (Wildman–Crippen MR) is 98.9 cm³/mol. The Bertz CT molecular complexity index is 689. The minimum absolute atomic E-state index is 0.0433. The molecule has 0 aromatic heterocycles. The van der Waals surface area contributed by atoms with Gasteiger partial charge in [-0.1, -0.05) is 18.9 Å². The Morgan fingerprint density at radius 3 is 2.37 bits per heavy atom. The van der Waals surface area contributed by atoms with E-state index in [0.717, 1.165) is 51.3 Å². The first-order valence-electron chi connectivity index (χ1n) is 10.4. The molecule has 1 aromatic carbocycles. The number of hydrogen-bond acceptors (Lipinski definition) is 2. The molecule has 148 valence electrons. The summed E-state index contributed by atoms with van der Waals surface area (Å²) in [5, 5.41) is 0. The van der Waals surface area contributed by atoms with E-state index in [4.69, 9.17) is 0 Å². The van der Waals surface area contributed by atoms with Crippen LogP contribution in [0.3, 0.4) is 0 Å². The summed E-state index contributed by atoms with van der Waals surface area (Å²) in [6.07, 6.45) is 4.98. The molecule has 0 radical (unpaired) electrons. The van der Waals surface area contributed by atoms with Gasteiger partial charge in [0.25, 0.3) is 0 Å². The van der Waals surface area contributed by atoms with Crippen LogP contribution in [0.5, 0.6) is 0 Å². The fourth-order valence-corrected chi connectivity index (χ4v) is 5.05. The summed E-state index contributed by atoms with van der Waals surface area (Å²) >= 11 is 0. The van der Waals surface area contributed by atoms with E-state index in [1.165, 1.54) is 31.4 Å². The van der Waals surface area contributed by atoms with Gasteiger partial charge >= 0.3 is 6.18 Å². The Kier molecular flexibility index (Phi) is 5.32. The number of alkyl halides is 3. The van der Waals surface area contributed by atoms with Crippen LogP contribution in [0.1, 0.15) is 85.2 Å². The second-order valence-corrected chi connectivity index (χ2v) is 8.56. The van der Waals surface area contributed by atoms with E-state index in [2.05, 4.69) is 4.90 Å². The molecule has 2 saturated carbocycles. The minimum Gasteiger partial charge on any atom is -0.300 e. The number of carbonyl (C=O) groups is 1. The van der Waals surface area contributed by atoms with Crippen molar-refractivity contribution in [1.29, 1.82) is 0 Å². The first kappa shape index (κ1) is 19.0. The van der Waals surface area contributed by atoms with E-state index < -0.39 is 11.7 Å². The SMILES string of the molecule is O=C(C[C@H]1CCCC[C@H]1N1CCCC1)c1ccc(C(F)(F)F)cc1C1CC1. The normalized spacial score (nSPS) is 27.1. The molecule has 2 nitrogen and oxygen atoms in total. The van der Waals surface area contributed by atoms with Crippen LogP contribution in [0.4, 0.5) is 13.2 Å². The van der Waals surface area contributed by atoms with Gasteiger partial charge in [-0.05, 0) is 81.1 Å². The summed E-state index contributed by atoms with van der Waals surface area (Å²) in [5.41, 5.74) is 0.535. The molecule has 2 atom stereocenters. The van der Waals surface area contributed by atoms with Crippen LogP contribution in [0.15, 0.2) is 18.2 Å². The van der Waals surface area contributed by atoms with Gasteiger partial charge in [-0.15, -0.1) is 0 Å². The number of likely N-dealkylation sites (tertiary alicyclic amines) is 1. The summed E-state index contributed by atoms with van der Waals surface area (Å²) in [4.78, 5) is 15.6. The number of carbonyl (C=O) groups excluding carboxylic acids is 1. The number of hydrogen-bond donors (Lipinski definition) is 0. The first-order chi connectivity index (χ1) is 12.9. The zero-order valence-electron chi connectivity index (χ0n) is 15.7. The van der Waals surface area contributed by atoms with E-state index in [0.29, 0.717) is 29.5 Å². The maximum absolute atomic E-state index is 13.1. The molecular weight excluding hydrogens is 351 g/mol. The molecule has 1 heterocycles. The van der Waals surface area contributed by atoms with Gasteiger partial charge < -0.3 is 4.90 Å². The molecule has 1 aliphatic heterocycles. The van der Waals surface area contributed by atoms with Crippen LogP contribution in [-0.4, -0.2) is 29.8 Å². The molecule has 5 heteroatoms. The van der Waals surface area contributed by atoms with Crippen molar-refractivity contribution >= 4 is 5.78 Å². The van der Waals surface area contributed by atoms with Crippen molar-refractivity contribution in [2.24, 2.45) is 5.92 Å². The van der Waals surface area contributed by atoms with Crippen LogP contribution >= 0.6 is 0 Å². The molecule has 0 bridgehead atoms. The van der Waals surface area contributed by atoms with Crippen molar-refractivity contribution in [3.63, 3.8) is 0 Å². The third-order valence-corrected chi connectivity index (χ3v) is 6.62. The van der Waals surface area contributed by atoms with Gasteiger partial charge in [0, 0.05) is 18.0 Å². The molecule has 1 aromatic rings. The summed E-state index contributed by atoms with van der Waals surface area (Å²) < 4.78 is 39.3. The quantitative estimate of drug-likeness (QED) is 0.602. The van der Waals surface area contributed by atoms with Gasteiger partial charge in [-0.2, -0.15) is 13.2 Å². The summed E-state index contributed by atoms with van der Waals surface area (Å²) in [6.45, 7) is 2.26. The van der Waals surface area contributed by atoms with Gasteiger partial charge in [0.1, 0.15) is 0 Å². The number of benzene rings is 1. The highest BCUT2D eigenvalue weighted by Crippen LogP contribution is 2.44. The highest BCUT2D eigenvalue weighted by molar-refractivity contribution is 5.98. The molecule has 0 spiro atoms. The Morgan fingerprint density at radius 1 is 1.00 bits per heavy atom. The lowest BCUT2D eigenvalue weighted by atomic mass is 9.79. The predicted octanol–water partition coefficient (Wildman–Crippen LogP) is 5.81. The van der Waals surface area contributed by atoms with Crippen molar-refractivity contribution < 1.29 is 18.0 Å². The largest absolute Gasteiger partial charge is 0.416 e. The zero-order chi connectivity index (χ0) is 19.0. The fourth-order valence-electron chi connectivity index (χ4n) is 5.05. The fraction of sp³-hybridized carbons (Fsp3) is 0.682. The second-order valence-electron chi connectivity index (χ2n) is 8.56. The molecule has 4 rings (SSSR count). The highest BCUT2D eigenvalue weighted by atomic mass is 19.4.